The molecule has 0 saturated carbocycles. The Morgan fingerprint density at radius 2 is 1.52 bits per heavy atom. The Morgan fingerprint density at radius 1 is 0.909 bits per heavy atom. The normalized spacial score (nSPS) is 13.3. The molecular weight excluding hydrogens is 422 g/mol. The zero-order valence-corrected chi connectivity index (χ0v) is 21.1. The van der Waals surface area contributed by atoms with E-state index < -0.39 is 12.1 Å². The van der Waals surface area contributed by atoms with Gasteiger partial charge < -0.3 is 15.4 Å². The molecule has 0 aliphatic carbocycles. The van der Waals surface area contributed by atoms with Gasteiger partial charge in [0.15, 0.2) is 5.78 Å². The van der Waals surface area contributed by atoms with Crippen LogP contribution in [-0.4, -0.2) is 48.9 Å². The van der Waals surface area contributed by atoms with Gasteiger partial charge in [0.1, 0.15) is 12.6 Å². The SMILES string of the molecule is CC(C)NCCON[C@H](C(=O)NC(C)C(=O)Cc1ccc(COC(=O)C(C)C)cc1)C(C)C. The summed E-state index contributed by atoms with van der Waals surface area (Å²) in [6.45, 7) is 14.5. The molecule has 8 heteroatoms. The number of esters is 1. The lowest BCUT2D eigenvalue weighted by atomic mass is 10.0. The van der Waals surface area contributed by atoms with E-state index in [0.29, 0.717) is 19.2 Å². The quantitative estimate of drug-likeness (QED) is 0.209. The third kappa shape index (κ3) is 11.4. The average molecular weight is 464 g/mol. The zero-order chi connectivity index (χ0) is 25.0. The third-order valence-corrected chi connectivity index (χ3v) is 5.01. The van der Waals surface area contributed by atoms with Gasteiger partial charge in [-0.2, -0.15) is 5.48 Å². The summed E-state index contributed by atoms with van der Waals surface area (Å²) in [6.07, 6.45) is 0.199. The van der Waals surface area contributed by atoms with Gasteiger partial charge in [-0.25, -0.2) is 0 Å². The Hall–Kier alpha value is -2.29. The van der Waals surface area contributed by atoms with Crippen LogP contribution in [0.4, 0.5) is 0 Å². The average Bonchev–Trinajstić information content (AvgIpc) is 2.74. The van der Waals surface area contributed by atoms with E-state index in [1.807, 2.05) is 38.1 Å². The molecule has 0 aliphatic rings. The summed E-state index contributed by atoms with van der Waals surface area (Å²) in [7, 11) is 0. The summed E-state index contributed by atoms with van der Waals surface area (Å²) in [6, 6.07) is 6.52. The van der Waals surface area contributed by atoms with E-state index in [9.17, 15) is 14.4 Å². The Morgan fingerprint density at radius 3 is 2.06 bits per heavy atom. The molecule has 186 valence electrons. The van der Waals surface area contributed by atoms with Crippen molar-refractivity contribution in [1.29, 1.82) is 0 Å². The number of Topliss-reactive ketones (excluding diaryl/α,β-unsaturated/α-hetero) is 1. The highest BCUT2D eigenvalue weighted by Gasteiger charge is 2.25. The first-order valence-electron chi connectivity index (χ1n) is 11.7. The van der Waals surface area contributed by atoms with Crippen molar-refractivity contribution >= 4 is 17.7 Å². The Labute approximate surface area is 198 Å². The lowest BCUT2D eigenvalue weighted by Crippen LogP contribution is -2.52. The molecule has 0 saturated heterocycles. The standard InChI is InChI=1S/C25H41N3O5/c1-16(2)23(28-33-13-12-26-18(5)6)24(30)27-19(7)22(29)14-20-8-10-21(11-9-20)15-32-25(31)17(3)4/h8-11,16-19,23,26,28H,12-15H2,1-7H3,(H,27,30)/t19?,23-/m0/s1. The van der Waals surface area contributed by atoms with Gasteiger partial charge in [0.25, 0.3) is 0 Å². The van der Waals surface area contributed by atoms with E-state index in [0.717, 1.165) is 11.1 Å². The minimum Gasteiger partial charge on any atom is -0.461 e. The third-order valence-electron chi connectivity index (χ3n) is 5.01. The molecule has 1 amide bonds. The molecule has 0 bridgehead atoms. The van der Waals surface area contributed by atoms with Crippen molar-refractivity contribution in [3.63, 3.8) is 0 Å². The molecule has 8 nitrogen and oxygen atoms in total. The summed E-state index contributed by atoms with van der Waals surface area (Å²) in [5, 5.41) is 6.03. The molecule has 0 fully saturated rings. The first-order chi connectivity index (χ1) is 15.5. The second-order valence-corrected chi connectivity index (χ2v) is 9.25. The Bertz CT molecular complexity index is 747. The van der Waals surface area contributed by atoms with Gasteiger partial charge in [0.05, 0.1) is 18.6 Å². The van der Waals surface area contributed by atoms with Crippen molar-refractivity contribution in [2.45, 2.75) is 79.6 Å². The number of hydroxylamine groups is 1. The number of benzene rings is 1. The number of hydrogen-bond donors (Lipinski definition) is 3. The summed E-state index contributed by atoms with van der Waals surface area (Å²) < 4.78 is 5.21. The van der Waals surface area contributed by atoms with E-state index in [2.05, 4.69) is 30.0 Å². The second-order valence-electron chi connectivity index (χ2n) is 9.25. The van der Waals surface area contributed by atoms with E-state index in [-0.39, 0.29) is 42.5 Å². The summed E-state index contributed by atoms with van der Waals surface area (Å²) in [4.78, 5) is 42.3. The highest BCUT2D eigenvalue weighted by Crippen LogP contribution is 2.10. The van der Waals surface area contributed by atoms with Crippen LogP contribution in [0.3, 0.4) is 0 Å². The molecule has 33 heavy (non-hydrogen) atoms. The Balaban J connectivity index is 2.51. The van der Waals surface area contributed by atoms with Gasteiger partial charge in [-0.05, 0) is 24.0 Å². The summed E-state index contributed by atoms with van der Waals surface area (Å²) in [5.41, 5.74) is 4.51. The fourth-order valence-corrected chi connectivity index (χ4v) is 2.85. The Kier molecular flexibility index (Phi) is 12.9. The van der Waals surface area contributed by atoms with Crippen molar-refractivity contribution in [2.75, 3.05) is 13.2 Å². The van der Waals surface area contributed by atoms with Gasteiger partial charge >= 0.3 is 5.97 Å². The monoisotopic (exact) mass is 463 g/mol. The van der Waals surface area contributed by atoms with Crippen LogP contribution in [0.1, 0.15) is 59.6 Å². The predicted octanol–water partition coefficient (Wildman–Crippen LogP) is 2.55. The van der Waals surface area contributed by atoms with Gasteiger partial charge in [-0.3, -0.25) is 19.2 Å². The molecule has 0 aromatic heterocycles. The maximum atomic E-state index is 12.7. The summed E-state index contributed by atoms with van der Waals surface area (Å²) in [5.74, 6) is -0.789. The second kappa shape index (κ2) is 14.8. The van der Waals surface area contributed by atoms with Gasteiger partial charge in [-0.15, -0.1) is 0 Å². The molecule has 0 spiro atoms. The van der Waals surface area contributed by atoms with Crippen LogP contribution in [0, 0.1) is 11.8 Å². The van der Waals surface area contributed by atoms with Gasteiger partial charge in [-0.1, -0.05) is 65.8 Å². The molecule has 0 aliphatic heterocycles. The van der Waals surface area contributed by atoms with Gasteiger partial charge in [0, 0.05) is 19.0 Å². The predicted molar refractivity (Wildman–Crippen MR) is 128 cm³/mol. The highest BCUT2D eigenvalue weighted by atomic mass is 16.6. The largest absolute Gasteiger partial charge is 0.461 e. The molecule has 1 aromatic rings. The fourth-order valence-electron chi connectivity index (χ4n) is 2.85. The van der Waals surface area contributed by atoms with Crippen LogP contribution in [0.25, 0.3) is 0 Å². The minimum atomic E-state index is -0.630. The lowest BCUT2D eigenvalue weighted by Gasteiger charge is -2.23. The van der Waals surface area contributed by atoms with Crippen LogP contribution < -0.4 is 16.1 Å². The van der Waals surface area contributed by atoms with Crippen molar-refractivity contribution in [3.05, 3.63) is 35.4 Å². The van der Waals surface area contributed by atoms with E-state index in [1.54, 1.807) is 20.8 Å². The number of carbonyl (C=O) groups excluding carboxylic acids is 3. The molecule has 1 unspecified atom stereocenters. The molecule has 2 atom stereocenters. The van der Waals surface area contributed by atoms with E-state index in [4.69, 9.17) is 9.57 Å². The smallest absolute Gasteiger partial charge is 0.308 e. The van der Waals surface area contributed by atoms with Gasteiger partial charge in [0.2, 0.25) is 5.91 Å². The first kappa shape index (κ1) is 28.7. The molecular formula is C25H41N3O5. The van der Waals surface area contributed by atoms with Crippen molar-refractivity contribution < 1.29 is 24.0 Å². The number of nitrogens with one attached hydrogen (secondary N) is 3. The minimum absolute atomic E-state index is 0.0114. The topological polar surface area (TPSA) is 106 Å². The molecule has 1 aromatic carbocycles. The number of rotatable bonds is 15. The van der Waals surface area contributed by atoms with Crippen molar-refractivity contribution in [3.8, 4) is 0 Å². The summed E-state index contributed by atoms with van der Waals surface area (Å²) >= 11 is 0. The van der Waals surface area contributed by atoms with Crippen molar-refractivity contribution in [1.82, 2.24) is 16.1 Å². The van der Waals surface area contributed by atoms with E-state index in [1.165, 1.54) is 0 Å². The van der Waals surface area contributed by atoms with Crippen molar-refractivity contribution in [2.24, 2.45) is 11.8 Å². The number of carbonyl (C=O) groups is 3. The highest BCUT2D eigenvalue weighted by molar-refractivity contribution is 5.91. The molecule has 1 rings (SSSR count). The van der Waals surface area contributed by atoms with Crippen LogP contribution in [0.5, 0.6) is 0 Å². The van der Waals surface area contributed by atoms with E-state index >= 15 is 0 Å². The van der Waals surface area contributed by atoms with Crippen LogP contribution in [0.2, 0.25) is 0 Å². The first-order valence-corrected chi connectivity index (χ1v) is 11.7. The number of hydrogen-bond acceptors (Lipinski definition) is 7. The molecule has 3 N–H and O–H groups in total. The van der Waals surface area contributed by atoms with Crippen LogP contribution in [-0.2, 0) is 37.0 Å². The number of ether oxygens (including phenoxy) is 1. The maximum Gasteiger partial charge on any atom is 0.308 e. The lowest BCUT2D eigenvalue weighted by molar-refractivity contribution is -0.148. The number of ketones is 1. The maximum absolute atomic E-state index is 12.7. The number of amides is 1. The van der Waals surface area contributed by atoms with Crippen LogP contribution in [0.15, 0.2) is 24.3 Å². The molecule has 0 radical (unpaired) electrons. The van der Waals surface area contributed by atoms with Crippen LogP contribution >= 0.6 is 0 Å². The molecule has 0 heterocycles. The zero-order valence-electron chi connectivity index (χ0n) is 21.1. The fraction of sp³-hybridized carbons (Fsp3) is 0.640.